The van der Waals surface area contributed by atoms with Gasteiger partial charge in [0.15, 0.2) is 0 Å². The van der Waals surface area contributed by atoms with Crippen molar-refractivity contribution in [1.29, 1.82) is 0 Å². The van der Waals surface area contributed by atoms with E-state index in [1.54, 1.807) is 6.20 Å². The quantitative estimate of drug-likeness (QED) is 0.832. The molecule has 5 nitrogen and oxygen atoms in total. The molecule has 2 aliphatic heterocycles. The van der Waals surface area contributed by atoms with Crippen molar-refractivity contribution in [2.45, 2.75) is 45.2 Å². The number of likely N-dealkylation sites (tertiary alicyclic amines) is 2. The predicted molar refractivity (Wildman–Crippen MR) is 77.4 cm³/mol. The third-order valence-electron chi connectivity index (χ3n) is 4.59. The molecule has 0 unspecified atom stereocenters. The molecule has 0 saturated carbocycles. The molecular weight excluding hydrogens is 252 g/mol. The van der Waals surface area contributed by atoms with E-state index in [0.717, 1.165) is 18.8 Å². The van der Waals surface area contributed by atoms with Crippen LogP contribution in [0.4, 0.5) is 0 Å². The molecule has 20 heavy (non-hydrogen) atoms. The first-order valence-electron chi connectivity index (χ1n) is 7.74. The summed E-state index contributed by atoms with van der Waals surface area (Å²) >= 11 is 0. The standard InChI is InChI=1S/C15H24N4O/c1-13-5-7-16-19(13)10-6-15(20)18-11-14(12-18)17-8-3-2-4-9-17/h5,7,14H,2-4,6,8-12H2,1H3. The summed E-state index contributed by atoms with van der Waals surface area (Å²) in [6, 6.07) is 2.59. The number of aryl methyl sites for hydroxylation is 2. The Bertz CT molecular complexity index is 458. The summed E-state index contributed by atoms with van der Waals surface area (Å²) in [5.74, 6) is 0.271. The zero-order chi connectivity index (χ0) is 13.9. The lowest BCUT2D eigenvalue weighted by molar-refractivity contribution is -0.139. The van der Waals surface area contributed by atoms with Gasteiger partial charge in [-0.2, -0.15) is 5.10 Å². The van der Waals surface area contributed by atoms with E-state index in [0.29, 0.717) is 19.0 Å². The molecule has 0 atom stereocenters. The van der Waals surface area contributed by atoms with E-state index in [1.807, 2.05) is 22.6 Å². The Morgan fingerprint density at radius 3 is 2.70 bits per heavy atom. The largest absolute Gasteiger partial charge is 0.339 e. The highest BCUT2D eigenvalue weighted by Crippen LogP contribution is 2.20. The molecule has 2 aliphatic rings. The molecule has 0 radical (unpaired) electrons. The molecule has 1 amide bonds. The lowest BCUT2D eigenvalue weighted by Gasteiger charge is -2.46. The summed E-state index contributed by atoms with van der Waals surface area (Å²) in [6.07, 6.45) is 6.37. The lowest BCUT2D eigenvalue weighted by Crippen LogP contribution is -2.61. The van der Waals surface area contributed by atoms with Gasteiger partial charge in [-0.15, -0.1) is 0 Å². The summed E-state index contributed by atoms with van der Waals surface area (Å²) < 4.78 is 1.90. The van der Waals surface area contributed by atoms with Gasteiger partial charge in [-0.25, -0.2) is 0 Å². The second-order valence-corrected chi connectivity index (χ2v) is 5.99. The number of hydrogen-bond donors (Lipinski definition) is 0. The molecule has 0 N–H and O–H groups in total. The Hall–Kier alpha value is -1.36. The summed E-state index contributed by atoms with van der Waals surface area (Å²) in [4.78, 5) is 16.7. The monoisotopic (exact) mass is 276 g/mol. The van der Waals surface area contributed by atoms with Crippen molar-refractivity contribution in [2.75, 3.05) is 26.2 Å². The second-order valence-electron chi connectivity index (χ2n) is 5.99. The van der Waals surface area contributed by atoms with Gasteiger partial charge in [-0.3, -0.25) is 14.4 Å². The van der Waals surface area contributed by atoms with Crippen LogP contribution in [0.5, 0.6) is 0 Å². The normalized spacial score (nSPS) is 20.9. The van der Waals surface area contributed by atoms with Gasteiger partial charge in [-0.05, 0) is 38.9 Å². The Balaban J connectivity index is 1.40. The molecular formula is C15H24N4O. The van der Waals surface area contributed by atoms with Crippen molar-refractivity contribution in [3.05, 3.63) is 18.0 Å². The second kappa shape index (κ2) is 5.95. The average molecular weight is 276 g/mol. The third kappa shape index (κ3) is 2.87. The van der Waals surface area contributed by atoms with Crippen LogP contribution in [0.25, 0.3) is 0 Å². The first-order valence-corrected chi connectivity index (χ1v) is 7.74. The molecule has 3 rings (SSSR count). The fraction of sp³-hybridized carbons (Fsp3) is 0.733. The van der Waals surface area contributed by atoms with Gasteiger partial charge in [-0.1, -0.05) is 6.42 Å². The highest BCUT2D eigenvalue weighted by Gasteiger charge is 2.34. The molecule has 1 aromatic heterocycles. The number of hydrogen-bond acceptors (Lipinski definition) is 3. The first-order chi connectivity index (χ1) is 9.74. The number of rotatable bonds is 4. The molecule has 0 spiro atoms. The predicted octanol–water partition coefficient (Wildman–Crippen LogP) is 1.28. The zero-order valence-electron chi connectivity index (χ0n) is 12.3. The molecule has 3 heterocycles. The Labute approximate surface area is 120 Å². The number of aromatic nitrogens is 2. The summed E-state index contributed by atoms with van der Waals surface area (Å²) in [6.45, 7) is 7.02. The number of carbonyl (C=O) groups is 1. The molecule has 0 bridgehead atoms. The van der Waals surface area contributed by atoms with Crippen LogP contribution in [0.2, 0.25) is 0 Å². The van der Waals surface area contributed by atoms with E-state index < -0.39 is 0 Å². The molecule has 0 aromatic carbocycles. The number of piperidine rings is 1. The molecule has 1 aromatic rings. The fourth-order valence-electron chi connectivity index (χ4n) is 3.17. The van der Waals surface area contributed by atoms with Crippen molar-refractivity contribution < 1.29 is 4.79 Å². The van der Waals surface area contributed by atoms with Crippen LogP contribution in [-0.2, 0) is 11.3 Å². The average Bonchev–Trinajstić information content (AvgIpc) is 2.81. The molecule has 110 valence electrons. The SMILES string of the molecule is Cc1ccnn1CCC(=O)N1CC(N2CCCCC2)C1. The van der Waals surface area contributed by atoms with Crippen LogP contribution >= 0.6 is 0 Å². The molecule has 5 heteroatoms. The van der Waals surface area contributed by atoms with Crippen molar-refractivity contribution in [3.63, 3.8) is 0 Å². The van der Waals surface area contributed by atoms with Gasteiger partial charge in [0.1, 0.15) is 0 Å². The Morgan fingerprint density at radius 1 is 1.30 bits per heavy atom. The maximum atomic E-state index is 12.1. The van der Waals surface area contributed by atoms with E-state index in [2.05, 4.69) is 10.00 Å². The van der Waals surface area contributed by atoms with Crippen LogP contribution in [0, 0.1) is 6.92 Å². The Kier molecular flexibility index (Phi) is 4.05. The van der Waals surface area contributed by atoms with Gasteiger partial charge >= 0.3 is 0 Å². The van der Waals surface area contributed by atoms with E-state index in [1.165, 1.54) is 32.4 Å². The van der Waals surface area contributed by atoms with Gasteiger partial charge in [0.2, 0.25) is 5.91 Å². The third-order valence-corrected chi connectivity index (χ3v) is 4.59. The topological polar surface area (TPSA) is 41.4 Å². The van der Waals surface area contributed by atoms with Crippen molar-refractivity contribution in [1.82, 2.24) is 19.6 Å². The minimum Gasteiger partial charge on any atom is -0.339 e. The van der Waals surface area contributed by atoms with Gasteiger partial charge in [0, 0.05) is 44.0 Å². The highest BCUT2D eigenvalue weighted by atomic mass is 16.2. The van der Waals surface area contributed by atoms with E-state index in [9.17, 15) is 4.79 Å². The molecule has 2 fully saturated rings. The maximum Gasteiger partial charge on any atom is 0.224 e. The Morgan fingerprint density at radius 2 is 2.05 bits per heavy atom. The van der Waals surface area contributed by atoms with E-state index in [4.69, 9.17) is 0 Å². The van der Waals surface area contributed by atoms with Crippen LogP contribution in [-0.4, -0.2) is 57.7 Å². The molecule has 0 aliphatic carbocycles. The van der Waals surface area contributed by atoms with E-state index in [-0.39, 0.29) is 5.91 Å². The van der Waals surface area contributed by atoms with Crippen LogP contribution in [0.15, 0.2) is 12.3 Å². The van der Waals surface area contributed by atoms with Crippen LogP contribution < -0.4 is 0 Å². The highest BCUT2D eigenvalue weighted by molar-refractivity contribution is 5.77. The first kappa shape index (κ1) is 13.6. The smallest absolute Gasteiger partial charge is 0.224 e. The minimum absolute atomic E-state index is 0.271. The van der Waals surface area contributed by atoms with Crippen molar-refractivity contribution >= 4 is 5.91 Å². The minimum atomic E-state index is 0.271. The van der Waals surface area contributed by atoms with Gasteiger partial charge in [0.05, 0.1) is 0 Å². The number of carbonyl (C=O) groups excluding carboxylic acids is 1. The molecule has 2 saturated heterocycles. The maximum absolute atomic E-state index is 12.1. The van der Waals surface area contributed by atoms with Crippen molar-refractivity contribution in [3.8, 4) is 0 Å². The number of nitrogens with zero attached hydrogens (tertiary/aromatic N) is 4. The summed E-state index contributed by atoms with van der Waals surface area (Å²) in [5, 5.41) is 4.22. The summed E-state index contributed by atoms with van der Waals surface area (Å²) in [7, 11) is 0. The van der Waals surface area contributed by atoms with E-state index >= 15 is 0 Å². The zero-order valence-corrected chi connectivity index (χ0v) is 12.3. The fourth-order valence-corrected chi connectivity index (χ4v) is 3.17. The van der Waals surface area contributed by atoms with Gasteiger partial charge in [0.25, 0.3) is 0 Å². The number of amides is 1. The van der Waals surface area contributed by atoms with Gasteiger partial charge < -0.3 is 4.90 Å². The van der Waals surface area contributed by atoms with Crippen LogP contribution in [0.3, 0.4) is 0 Å². The lowest BCUT2D eigenvalue weighted by atomic mass is 10.0. The summed E-state index contributed by atoms with van der Waals surface area (Å²) in [5.41, 5.74) is 1.12. The van der Waals surface area contributed by atoms with Crippen molar-refractivity contribution in [2.24, 2.45) is 0 Å². The van der Waals surface area contributed by atoms with Crippen LogP contribution in [0.1, 0.15) is 31.4 Å².